The minimum absolute atomic E-state index is 0.0245. The number of thiophene rings is 1. The third-order valence-corrected chi connectivity index (χ3v) is 2.88. The lowest BCUT2D eigenvalue weighted by Crippen LogP contribution is -2.24. The molecule has 0 nitrogen and oxygen atoms in total. The van der Waals surface area contributed by atoms with Gasteiger partial charge < -0.3 is 0 Å². The fourth-order valence-corrected chi connectivity index (χ4v) is 2.31. The Hall–Kier alpha value is -0.440. The Morgan fingerprint density at radius 3 is 2.82 bits per heavy atom. The number of hydrogen-bond acceptors (Lipinski definition) is 1. The highest BCUT2D eigenvalue weighted by Crippen LogP contribution is 2.34. The first-order valence-corrected chi connectivity index (χ1v) is 4.53. The van der Waals surface area contributed by atoms with Gasteiger partial charge in [-0.3, -0.25) is 0 Å². The van der Waals surface area contributed by atoms with E-state index in [1.54, 1.807) is 0 Å². The van der Waals surface area contributed by atoms with Crippen molar-refractivity contribution in [2.75, 3.05) is 0 Å². The molecule has 0 spiro atoms. The van der Waals surface area contributed by atoms with Crippen LogP contribution >= 0.6 is 11.3 Å². The van der Waals surface area contributed by atoms with Gasteiger partial charge in [0.25, 0.3) is 5.92 Å². The SMILES string of the molecule is FC1(F)CCc2cscc2C1. The monoisotopic (exact) mass is 174 g/mol. The number of fused-ring (bicyclic) bond motifs is 1. The van der Waals surface area contributed by atoms with Crippen LogP contribution in [0.2, 0.25) is 0 Å². The molecule has 0 aliphatic heterocycles. The molecule has 60 valence electrons. The van der Waals surface area contributed by atoms with Crippen LogP contribution in [-0.4, -0.2) is 5.92 Å². The van der Waals surface area contributed by atoms with E-state index in [9.17, 15) is 8.78 Å². The van der Waals surface area contributed by atoms with Crippen LogP contribution in [0.3, 0.4) is 0 Å². The normalized spacial score (nSPS) is 21.3. The molecule has 1 aromatic heterocycles. The van der Waals surface area contributed by atoms with Gasteiger partial charge in [0.1, 0.15) is 0 Å². The van der Waals surface area contributed by atoms with Crippen molar-refractivity contribution < 1.29 is 8.78 Å². The molecule has 0 aromatic carbocycles. The fraction of sp³-hybridized carbons (Fsp3) is 0.500. The molecular weight excluding hydrogens is 166 g/mol. The molecule has 0 N–H and O–H groups in total. The third-order valence-electron chi connectivity index (χ3n) is 2.04. The molecule has 1 heterocycles. The number of aryl methyl sites for hydroxylation is 1. The van der Waals surface area contributed by atoms with Crippen molar-refractivity contribution in [3.8, 4) is 0 Å². The lowest BCUT2D eigenvalue weighted by molar-refractivity contribution is -0.0120. The zero-order chi connectivity index (χ0) is 7.90. The average Bonchev–Trinajstić information content (AvgIpc) is 2.31. The lowest BCUT2D eigenvalue weighted by Gasteiger charge is -2.21. The van der Waals surface area contributed by atoms with E-state index in [0.717, 1.165) is 11.1 Å². The van der Waals surface area contributed by atoms with E-state index in [1.165, 1.54) is 11.3 Å². The molecule has 0 amide bonds. The summed E-state index contributed by atoms with van der Waals surface area (Å²) < 4.78 is 25.5. The molecule has 0 bridgehead atoms. The highest BCUT2D eigenvalue weighted by Gasteiger charge is 2.33. The third kappa shape index (κ3) is 1.29. The van der Waals surface area contributed by atoms with E-state index in [1.807, 2.05) is 10.8 Å². The minimum Gasteiger partial charge on any atom is -0.207 e. The predicted octanol–water partition coefficient (Wildman–Crippen LogP) is 2.87. The van der Waals surface area contributed by atoms with Gasteiger partial charge in [-0.05, 0) is 28.3 Å². The first kappa shape index (κ1) is 7.22. The van der Waals surface area contributed by atoms with Crippen molar-refractivity contribution >= 4 is 11.3 Å². The molecule has 0 fully saturated rings. The molecule has 1 aliphatic rings. The van der Waals surface area contributed by atoms with Crippen LogP contribution in [0.5, 0.6) is 0 Å². The maximum absolute atomic E-state index is 12.8. The second-order valence-corrected chi connectivity index (χ2v) is 3.70. The Kier molecular flexibility index (Phi) is 1.49. The maximum Gasteiger partial charge on any atom is 0.252 e. The highest BCUT2D eigenvalue weighted by atomic mass is 32.1. The Bertz CT molecular complexity index is 265. The number of rotatable bonds is 0. The van der Waals surface area contributed by atoms with E-state index >= 15 is 0 Å². The Balaban J connectivity index is 2.32. The van der Waals surface area contributed by atoms with Gasteiger partial charge in [-0.25, -0.2) is 8.78 Å². The molecule has 0 unspecified atom stereocenters. The summed E-state index contributed by atoms with van der Waals surface area (Å²) in [5.74, 6) is -2.45. The largest absolute Gasteiger partial charge is 0.252 e. The summed E-state index contributed by atoms with van der Waals surface area (Å²) in [6.07, 6.45) is 0.522. The van der Waals surface area contributed by atoms with Gasteiger partial charge in [0, 0.05) is 12.8 Å². The molecular formula is C8H8F2S. The summed E-state index contributed by atoms with van der Waals surface area (Å²) in [7, 11) is 0. The predicted molar refractivity (Wildman–Crippen MR) is 41.3 cm³/mol. The molecule has 0 radical (unpaired) electrons. The number of halogens is 2. The van der Waals surface area contributed by atoms with Crippen molar-refractivity contribution in [2.45, 2.75) is 25.2 Å². The summed E-state index contributed by atoms with van der Waals surface area (Å²) in [4.78, 5) is 0. The second kappa shape index (κ2) is 2.27. The van der Waals surface area contributed by atoms with E-state index in [2.05, 4.69) is 0 Å². The van der Waals surface area contributed by atoms with Crippen molar-refractivity contribution in [3.63, 3.8) is 0 Å². The van der Waals surface area contributed by atoms with Gasteiger partial charge >= 0.3 is 0 Å². The standard InChI is InChI=1S/C8H8F2S/c9-8(10)2-1-6-4-11-5-7(6)3-8/h4-5H,1-3H2. The zero-order valence-corrected chi connectivity index (χ0v) is 6.76. The topological polar surface area (TPSA) is 0 Å². The van der Waals surface area contributed by atoms with E-state index in [0.29, 0.717) is 6.42 Å². The van der Waals surface area contributed by atoms with Crippen molar-refractivity contribution in [2.24, 2.45) is 0 Å². The average molecular weight is 174 g/mol. The molecule has 1 aromatic rings. The molecule has 0 saturated carbocycles. The smallest absolute Gasteiger partial charge is 0.207 e. The van der Waals surface area contributed by atoms with Crippen molar-refractivity contribution in [1.29, 1.82) is 0 Å². The quantitative estimate of drug-likeness (QED) is 0.567. The van der Waals surface area contributed by atoms with Gasteiger partial charge in [-0.2, -0.15) is 11.3 Å². The molecule has 1 aliphatic carbocycles. The fourth-order valence-electron chi connectivity index (χ4n) is 1.41. The number of hydrogen-bond donors (Lipinski definition) is 0. The molecule has 3 heteroatoms. The van der Waals surface area contributed by atoms with Gasteiger partial charge in [0.05, 0.1) is 0 Å². The number of alkyl halides is 2. The Labute approximate surface area is 67.9 Å². The van der Waals surface area contributed by atoms with Crippen LogP contribution in [0, 0.1) is 0 Å². The summed E-state index contributed by atoms with van der Waals surface area (Å²) in [6, 6.07) is 0. The highest BCUT2D eigenvalue weighted by molar-refractivity contribution is 7.08. The van der Waals surface area contributed by atoms with Crippen LogP contribution in [0.15, 0.2) is 10.8 Å². The molecule has 0 saturated heterocycles. The summed E-state index contributed by atoms with van der Waals surface area (Å²) in [6.45, 7) is 0. The van der Waals surface area contributed by atoms with E-state index in [4.69, 9.17) is 0 Å². The Morgan fingerprint density at radius 2 is 2.00 bits per heavy atom. The summed E-state index contributed by atoms with van der Waals surface area (Å²) in [5, 5.41) is 3.81. The van der Waals surface area contributed by atoms with Gasteiger partial charge in [-0.15, -0.1) is 0 Å². The van der Waals surface area contributed by atoms with Crippen LogP contribution in [-0.2, 0) is 12.8 Å². The van der Waals surface area contributed by atoms with E-state index < -0.39 is 5.92 Å². The zero-order valence-electron chi connectivity index (χ0n) is 5.94. The first-order chi connectivity index (χ1) is 5.17. The minimum atomic E-state index is -2.45. The van der Waals surface area contributed by atoms with Crippen LogP contribution in [0.4, 0.5) is 8.78 Å². The van der Waals surface area contributed by atoms with Crippen LogP contribution < -0.4 is 0 Å². The van der Waals surface area contributed by atoms with Crippen molar-refractivity contribution in [3.05, 3.63) is 21.9 Å². The van der Waals surface area contributed by atoms with Gasteiger partial charge in [-0.1, -0.05) is 0 Å². The van der Waals surface area contributed by atoms with Crippen molar-refractivity contribution in [1.82, 2.24) is 0 Å². The first-order valence-electron chi connectivity index (χ1n) is 3.59. The van der Waals surface area contributed by atoms with E-state index in [-0.39, 0.29) is 12.8 Å². The molecule has 0 atom stereocenters. The lowest BCUT2D eigenvalue weighted by atomic mass is 9.93. The Morgan fingerprint density at radius 1 is 1.27 bits per heavy atom. The van der Waals surface area contributed by atoms with Gasteiger partial charge in [0.2, 0.25) is 0 Å². The summed E-state index contributed by atoms with van der Waals surface area (Å²) in [5.41, 5.74) is 1.98. The van der Waals surface area contributed by atoms with Crippen LogP contribution in [0.1, 0.15) is 17.5 Å². The second-order valence-electron chi connectivity index (χ2n) is 2.95. The molecule has 2 rings (SSSR count). The summed E-state index contributed by atoms with van der Waals surface area (Å²) >= 11 is 1.52. The van der Waals surface area contributed by atoms with Gasteiger partial charge in [0.15, 0.2) is 0 Å². The molecule has 11 heavy (non-hydrogen) atoms. The van der Waals surface area contributed by atoms with Crippen LogP contribution in [0.25, 0.3) is 0 Å². The maximum atomic E-state index is 12.8.